The molecule has 0 saturated heterocycles. The van der Waals surface area contributed by atoms with E-state index in [9.17, 15) is 0 Å². The van der Waals surface area contributed by atoms with E-state index < -0.39 is 0 Å². The van der Waals surface area contributed by atoms with Gasteiger partial charge in [0, 0.05) is 42.5 Å². The summed E-state index contributed by atoms with van der Waals surface area (Å²) in [5.74, 6) is 2.41. The van der Waals surface area contributed by atoms with Crippen molar-refractivity contribution in [3.8, 4) is 0 Å². The highest BCUT2D eigenvalue weighted by atomic mass is 35.5. The molecule has 1 saturated carbocycles. The van der Waals surface area contributed by atoms with Crippen molar-refractivity contribution in [2.45, 2.75) is 25.3 Å². The van der Waals surface area contributed by atoms with E-state index in [2.05, 4.69) is 25.5 Å². The lowest BCUT2D eigenvalue weighted by Crippen LogP contribution is -2.22. The number of anilines is 3. The maximum absolute atomic E-state index is 6.24. The zero-order chi connectivity index (χ0) is 18.1. The first-order valence-electron chi connectivity index (χ1n) is 8.49. The molecule has 1 aromatic carbocycles. The molecule has 0 aliphatic heterocycles. The number of nitrogens with one attached hydrogen (secondary N) is 2. The number of benzene rings is 1. The second-order valence-electron chi connectivity index (χ2n) is 6.53. The van der Waals surface area contributed by atoms with Gasteiger partial charge in [-0.25, -0.2) is 4.98 Å². The summed E-state index contributed by atoms with van der Waals surface area (Å²) in [6.45, 7) is 0.595. The summed E-state index contributed by atoms with van der Waals surface area (Å²) in [5, 5.41) is 11.2. The molecule has 6 nitrogen and oxygen atoms in total. The lowest BCUT2D eigenvalue weighted by atomic mass is 9.99. The molecule has 8 heteroatoms. The Morgan fingerprint density at radius 1 is 1.35 bits per heavy atom. The number of aromatic amines is 1. The molecule has 130 valence electrons. The summed E-state index contributed by atoms with van der Waals surface area (Å²) in [6, 6.07) is 9.73. The van der Waals surface area contributed by atoms with Crippen molar-refractivity contribution in [2.75, 3.05) is 17.3 Å². The van der Waals surface area contributed by atoms with Crippen LogP contribution in [-0.2, 0) is 6.54 Å². The number of nitrogens with zero attached hydrogens (tertiary/aromatic N) is 4. The Labute approximate surface area is 158 Å². The van der Waals surface area contributed by atoms with Gasteiger partial charge in [0.2, 0.25) is 5.95 Å². The van der Waals surface area contributed by atoms with Crippen molar-refractivity contribution in [2.24, 2.45) is 0 Å². The number of hydrogen-bond donors (Lipinski definition) is 2. The largest absolute Gasteiger partial charge is 0.339 e. The van der Waals surface area contributed by atoms with Crippen molar-refractivity contribution in [1.82, 2.24) is 20.2 Å². The molecule has 4 rings (SSSR count). The van der Waals surface area contributed by atoms with E-state index in [0.29, 0.717) is 35.5 Å². The topological polar surface area (TPSA) is 69.7 Å². The third kappa shape index (κ3) is 3.67. The van der Waals surface area contributed by atoms with Crippen LogP contribution in [0, 0.1) is 0 Å². The summed E-state index contributed by atoms with van der Waals surface area (Å²) in [7, 11) is 7.94. The van der Waals surface area contributed by atoms with Crippen LogP contribution in [0.5, 0.6) is 0 Å². The minimum Gasteiger partial charge on any atom is -0.339 e. The zero-order valence-electron chi connectivity index (χ0n) is 14.4. The molecule has 0 spiro atoms. The molecule has 2 aromatic heterocycles. The average molecular weight is 365 g/mol. The second kappa shape index (κ2) is 7.00. The fraction of sp³-hybridized carbons (Fsp3) is 0.278. The smallest absolute Gasteiger partial charge is 0.227 e. The number of hydrogen-bond acceptors (Lipinski definition) is 5. The Bertz CT molecular complexity index is 924. The molecule has 0 amide bonds. The molecule has 3 aromatic rings. The summed E-state index contributed by atoms with van der Waals surface area (Å²) < 4.78 is 0. The average Bonchev–Trinajstić information content (AvgIpc) is 3.38. The number of rotatable bonds is 6. The van der Waals surface area contributed by atoms with Gasteiger partial charge < -0.3 is 10.2 Å². The molecule has 0 unspecified atom stereocenters. The predicted molar refractivity (Wildman–Crippen MR) is 105 cm³/mol. The van der Waals surface area contributed by atoms with Gasteiger partial charge in [-0.05, 0) is 29.9 Å². The van der Waals surface area contributed by atoms with E-state index >= 15 is 0 Å². The van der Waals surface area contributed by atoms with E-state index in [-0.39, 0.29) is 0 Å². The summed E-state index contributed by atoms with van der Waals surface area (Å²) in [5.41, 5.74) is 2.63. The van der Waals surface area contributed by atoms with Crippen LogP contribution in [0.15, 0.2) is 36.5 Å². The molecular formula is C18H18BClN6. The highest BCUT2D eigenvalue weighted by Gasteiger charge is 2.25. The van der Waals surface area contributed by atoms with Crippen LogP contribution in [0.1, 0.15) is 30.0 Å². The van der Waals surface area contributed by atoms with Gasteiger partial charge >= 0.3 is 0 Å². The van der Waals surface area contributed by atoms with Gasteiger partial charge in [0.25, 0.3) is 0 Å². The summed E-state index contributed by atoms with van der Waals surface area (Å²) >= 11 is 6.24. The van der Waals surface area contributed by atoms with E-state index in [1.54, 1.807) is 6.20 Å². The summed E-state index contributed by atoms with van der Waals surface area (Å²) in [6.07, 6.45) is 4.03. The van der Waals surface area contributed by atoms with Crippen molar-refractivity contribution >= 4 is 42.5 Å². The predicted octanol–water partition coefficient (Wildman–Crippen LogP) is 2.90. The van der Waals surface area contributed by atoms with E-state index in [0.717, 1.165) is 16.3 Å². The number of H-pyrrole nitrogens is 1. The minimum absolute atomic E-state index is 0.468. The molecular weight excluding hydrogens is 347 g/mol. The third-order valence-corrected chi connectivity index (χ3v) is 4.74. The molecule has 2 N–H and O–H groups in total. The first-order valence-corrected chi connectivity index (χ1v) is 8.87. The Hall–Kier alpha value is -2.54. The van der Waals surface area contributed by atoms with E-state index in [1.807, 2.05) is 42.3 Å². The lowest BCUT2D eigenvalue weighted by Gasteiger charge is -2.19. The highest BCUT2D eigenvalue weighted by molar-refractivity contribution is 6.35. The van der Waals surface area contributed by atoms with Crippen LogP contribution >= 0.6 is 11.6 Å². The SMILES string of the molecule is [B]c1cnc(N(C)Cc2ccccc2Cl)nc1Nc1cc(C2CC2)[nH]n1. The zero-order valence-corrected chi connectivity index (χ0v) is 15.2. The van der Waals surface area contributed by atoms with Gasteiger partial charge in [-0.3, -0.25) is 5.10 Å². The van der Waals surface area contributed by atoms with Crippen LogP contribution in [0.2, 0.25) is 5.02 Å². The van der Waals surface area contributed by atoms with Crippen molar-refractivity contribution in [1.29, 1.82) is 0 Å². The van der Waals surface area contributed by atoms with Crippen LogP contribution in [0.25, 0.3) is 0 Å². The van der Waals surface area contributed by atoms with Crippen molar-refractivity contribution in [3.63, 3.8) is 0 Å². The summed E-state index contributed by atoms with van der Waals surface area (Å²) in [4.78, 5) is 10.8. The molecule has 2 heterocycles. The second-order valence-corrected chi connectivity index (χ2v) is 6.94. The fourth-order valence-electron chi connectivity index (χ4n) is 2.74. The first kappa shape index (κ1) is 16.9. The Morgan fingerprint density at radius 2 is 2.15 bits per heavy atom. The van der Waals surface area contributed by atoms with Gasteiger partial charge in [-0.2, -0.15) is 10.1 Å². The van der Waals surface area contributed by atoms with Gasteiger partial charge in [-0.1, -0.05) is 29.8 Å². The van der Waals surface area contributed by atoms with Gasteiger partial charge in [0.1, 0.15) is 13.7 Å². The minimum atomic E-state index is 0.468. The lowest BCUT2D eigenvalue weighted by molar-refractivity contribution is 0.869. The standard InChI is InChI=1S/C18H18BClN6/c1-26(10-12-4-2-3-5-14(12)20)18-21-9-13(19)17(23-18)22-16-8-15(24-25-16)11-6-7-11/h2-5,8-9,11H,6-7,10H2,1H3,(H2,21,22,23,24,25). The molecule has 0 bridgehead atoms. The number of aromatic nitrogens is 4. The fourth-order valence-corrected chi connectivity index (χ4v) is 2.94. The van der Waals surface area contributed by atoms with Gasteiger partial charge in [0.15, 0.2) is 5.82 Å². The van der Waals surface area contributed by atoms with Crippen LogP contribution in [0.4, 0.5) is 17.6 Å². The van der Waals surface area contributed by atoms with Crippen molar-refractivity contribution in [3.05, 3.63) is 52.8 Å². The Morgan fingerprint density at radius 3 is 2.92 bits per heavy atom. The number of halogens is 1. The molecule has 26 heavy (non-hydrogen) atoms. The highest BCUT2D eigenvalue weighted by Crippen LogP contribution is 2.39. The Kier molecular flexibility index (Phi) is 4.55. The van der Waals surface area contributed by atoms with E-state index in [4.69, 9.17) is 19.4 Å². The van der Waals surface area contributed by atoms with Crippen LogP contribution in [-0.4, -0.2) is 35.1 Å². The quantitative estimate of drug-likeness (QED) is 0.658. The maximum Gasteiger partial charge on any atom is 0.227 e. The molecule has 0 atom stereocenters. The molecule has 2 radical (unpaired) electrons. The van der Waals surface area contributed by atoms with Gasteiger partial charge in [0.05, 0.1) is 0 Å². The van der Waals surface area contributed by atoms with Crippen LogP contribution in [0.3, 0.4) is 0 Å². The van der Waals surface area contributed by atoms with Crippen LogP contribution < -0.4 is 15.7 Å². The Balaban J connectivity index is 1.52. The monoisotopic (exact) mass is 364 g/mol. The van der Waals surface area contributed by atoms with Crippen molar-refractivity contribution < 1.29 is 0 Å². The molecule has 1 aliphatic carbocycles. The normalized spacial score (nSPS) is 13.6. The van der Waals surface area contributed by atoms with Gasteiger partial charge in [-0.15, -0.1) is 0 Å². The third-order valence-electron chi connectivity index (χ3n) is 4.37. The maximum atomic E-state index is 6.24. The molecule has 1 aliphatic rings. The first-order chi connectivity index (χ1) is 12.6. The molecule has 1 fully saturated rings. The van der Waals surface area contributed by atoms with E-state index in [1.165, 1.54) is 12.8 Å².